The van der Waals surface area contributed by atoms with Gasteiger partial charge < -0.3 is 21.3 Å². The van der Waals surface area contributed by atoms with Crippen molar-refractivity contribution >= 4 is 51.0 Å². The van der Waals surface area contributed by atoms with E-state index in [1.54, 1.807) is 36.4 Å². The standard InChI is InChI=1S/C23H24ClNO.C10H8O.C7H5ClO.C6H13N/c24-18-13-10-17(11-14-18)23(25-19-7-2-1-3-8-19)22-20-9-5-4-6-16(20)12-15-21(22)26;11-10-6-5-8-3-1-2-4-9(8)7-10;8-7-3-1-6(5-9)2-4-7;7-6-4-2-1-3-5-6/h4-6,9-15,19,23,25-26H,1-3,7-8H2;1-7,11H;1-5H;6H,1-5,7H2. The van der Waals surface area contributed by atoms with Crippen molar-refractivity contribution in [2.75, 3.05) is 0 Å². The summed E-state index contributed by atoms with van der Waals surface area (Å²) >= 11 is 11.7. The van der Waals surface area contributed by atoms with E-state index < -0.39 is 0 Å². The minimum absolute atomic E-state index is 0.0542. The molecule has 0 radical (unpaired) electrons. The lowest BCUT2D eigenvalue weighted by atomic mass is 9.89. The van der Waals surface area contributed by atoms with E-state index in [9.17, 15) is 9.90 Å². The lowest BCUT2D eigenvalue weighted by molar-refractivity contribution is 0.112. The number of nitrogens with two attached hydrogens (primary N) is 1. The number of carbonyl (C=O) groups is 1. The fourth-order valence-corrected chi connectivity index (χ4v) is 7.20. The Hall–Kier alpha value is -4.39. The third-order valence-electron chi connectivity index (χ3n) is 9.84. The molecule has 0 amide bonds. The van der Waals surface area contributed by atoms with Crippen LogP contribution in [0.5, 0.6) is 11.5 Å². The zero-order chi connectivity index (χ0) is 37.4. The van der Waals surface area contributed by atoms with Gasteiger partial charge in [0.1, 0.15) is 17.8 Å². The van der Waals surface area contributed by atoms with Crippen LogP contribution < -0.4 is 11.1 Å². The fourth-order valence-electron chi connectivity index (χ4n) is 6.95. The summed E-state index contributed by atoms with van der Waals surface area (Å²) in [6, 6.07) is 41.0. The Labute approximate surface area is 323 Å². The van der Waals surface area contributed by atoms with Crippen LogP contribution in [-0.2, 0) is 0 Å². The summed E-state index contributed by atoms with van der Waals surface area (Å²) < 4.78 is 0. The average Bonchev–Trinajstić information content (AvgIpc) is 3.19. The second-order valence-electron chi connectivity index (χ2n) is 13.8. The molecule has 53 heavy (non-hydrogen) atoms. The fraction of sp³-hybridized carbons (Fsp3) is 0.283. The maximum atomic E-state index is 10.8. The summed E-state index contributed by atoms with van der Waals surface area (Å²) in [5.74, 6) is 0.663. The molecule has 5 N–H and O–H groups in total. The van der Waals surface area contributed by atoms with E-state index in [0.717, 1.165) is 44.0 Å². The number of hydrogen-bond donors (Lipinski definition) is 4. The highest BCUT2D eigenvalue weighted by Gasteiger charge is 2.24. The second-order valence-corrected chi connectivity index (χ2v) is 14.7. The van der Waals surface area contributed by atoms with Gasteiger partial charge in [0.05, 0.1) is 6.04 Å². The van der Waals surface area contributed by atoms with Crippen LogP contribution in [0.2, 0.25) is 10.0 Å². The molecule has 2 aliphatic carbocycles. The number of fused-ring (bicyclic) bond motifs is 2. The van der Waals surface area contributed by atoms with Gasteiger partial charge in [-0.3, -0.25) is 4.79 Å². The molecule has 0 spiro atoms. The molecule has 276 valence electrons. The van der Waals surface area contributed by atoms with Gasteiger partial charge in [0, 0.05) is 33.3 Å². The smallest absolute Gasteiger partial charge is 0.150 e. The van der Waals surface area contributed by atoms with Crippen molar-refractivity contribution < 1.29 is 15.0 Å². The number of carbonyl (C=O) groups excluding carboxylic acids is 1. The first-order valence-electron chi connectivity index (χ1n) is 18.7. The Bertz CT molecular complexity index is 2010. The molecule has 1 unspecified atom stereocenters. The van der Waals surface area contributed by atoms with Crippen molar-refractivity contribution in [3.8, 4) is 11.5 Å². The van der Waals surface area contributed by atoms with Gasteiger partial charge in [-0.1, -0.05) is 147 Å². The van der Waals surface area contributed by atoms with E-state index in [4.69, 9.17) is 34.0 Å². The number of hydrogen-bond acceptors (Lipinski definition) is 5. The van der Waals surface area contributed by atoms with E-state index in [1.807, 2.05) is 66.7 Å². The van der Waals surface area contributed by atoms with Crippen LogP contribution >= 0.6 is 23.2 Å². The van der Waals surface area contributed by atoms with E-state index >= 15 is 0 Å². The first kappa shape index (κ1) is 39.8. The number of phenolic OH excluding ortho intramolecular Hbond substituents is 2. The number of nitrogens with one attached hydrogen (secondary N) is 1. The third-order valence-corrected chi connectivity index (χ3v) is 10.3. The van der Waals surface area contributed by atoms with E-state index in [1.165, 1.54) is 64.2 Å². The van der Waals surface area contributed by atoms with Crippen molar-refractivity contribution in [3.63, 3.8) is 0 Å². The highest BCUT2D eigenvalue weighted by molar-refractivity contribution is 6.30. The molecular formula is C46H50Cl2N2O3. The Morgan fingerprint density at radius 2 is 1.17 bits per heavy atom. The van der Waals surface area contributed by atoms with Crippen LogP contribution in [0, 0.1) is 0 Å². The molecule has 2 fully saturated rings. The minimum Gasteiger partial charge on any atom is -0.508 e. The second kappa shape index (κ2) is 20.7. The maximum Gasteiger partial charge on any atom is 0.150 e. The van der Waals surface area contributed by atoms with Gasteiger partial charge >= 0.3 is 0 Å². The predicted octanol–water partition coefficient (Wildman–Crippen LogP) is 12.2. The Morgan fingerprint density at radius 3 is 1.77 bits per heavy atom. The summed E-state index contributed by atoms with van der Waals surface area (Å²) in [6.07, 6.45) is 13.7. The Morgan fingerprint density at radius 1 is 0.623 bits per heavy atom. The van der Waals surface area contributed by atoms with Gasteiger partial charge in [-0.15, -0.1) is 0 Å². The monoisotopic (exact) mass is 748 g/mol. The number of halogens is 2. The van der Waals surface area contributed by atoms with Crippen LogP contribution in [0.4, 0.5) is 0 Å². The van der Waals surface area contributed by atoms with Crippen molar-refractivity contribution in [3.05, 3.63) is 154 Å². The van der Waals surface area contributed by atoms with Crippen molar-refractivity contribution in [2.24, 2.45) is 5.73 Å². The van der Waals surface area contributed by atoms with Gasteiger partial charge in [0.15, 0.2) is 0 Å². The lowest BCUT2D eigenvalue weighted by Gasteiger charge is -2.30. The Balaban J connectivity index is 0.000000163. The largest absolute Gasteiger partial charge is 0.508 e. The maximum absolute atomic E-state index is 10.8. The highest BCUT2D eigenvalue weighted by atomic mass is 35.5. The van der Waals surface area contributed by atoms with Crippen LogP contribution in [0.3, 0.4) is 0 Å². The van der Waals surface area contributed by atoms with Crippen LogP contribution in [-0.4, -0.2) is 28.6 Å². The van der Waals surface area contributed by atoms with Gasteiger partial charge in [-0.05, 0) is 95.3 Å². The SMILES string of the molecule is NC1CCCCC1.O=Cc1ccc(Cl)cc1.Oc1ccc2ccccc2c1.Oc1ccc2ccccc2c1C(NC1CCCCC1)c1ccc(Cl)cc1. The summed E-state index contributed by atoms with van der Waals surface area (Å²) in [5.41, 5.74) is 8.37. The molecule has 8 rings (SSSR count). The highest BCUT2D eigenvalue weighted by Crippen LogP contribution is 2.37. The molecule has 2 aliphatic rings. The Kier molecular flexibility index (Phi) is 15.6. The summed E-state index contributed by atoms with van der Waals surface area (Å²) in [5, 5.41) is 29.6. The molecule has 0 aromatic heterocycles. The first-order chi connectivity index (χ1) is 25.8. The van der Waals surface area contributed by atoms with Crippen molar-refractivity contribution in [1.82, 2.24) is 5.32 Å². The zero-order valence-electron chi connectivity index (χ0n) is 30.1. The lowest BCUT2D eigenvalue weighted by Crippen LogP contribution is -2.35. The molecule has 0 heterocycles. The third kappa shape index (κ3) is 12.3. The van der Waals surface area contributed by atoms with Crippen LogP contribution in [0.1, 0.15) is 91.7 Å². The molecule has 6 aromatic carbocycles. The molecule has 1 atom stereocenters. The quantitative estimate of drug-likeness (QED) is 0.132. The number of benzene rings is 6. The zero-order valence-corrected chi connectivity index (χ0v) is 31.7. The van der Waals surface area contributed by atoms with Gasteiger partial charge in [-0.2, -0.15) is 0 Å². The van der Waals surface area contributed by atoms with Crippen LogP contribution in [0.25, 0.3) is 21.5 Å². The van der Waals surface area contributed by atoms with E-state index in [2.05, 4.69) is 29.6 Å². The average molecular weight is 750 g/mol. The molecule has 0 bridgehead atoms. The number of phenols is 2. The summed E-state index contributed by atoms with van der Waals surface area (Å²) in [7, 11) is 0. The number of aromatic hydroxyl groups is 2. The van der Waals surface area contributed by atoms with E-state index in [-0.39, 0.29) is 6.04 Å². The molecule has 5 nitrogen and oxygen atoms in total. The van der Waals surface area contributed by atoms with Crippen LogP contribution in [0.15, 0.2) is 127 Å². The molecule has 6 aromatic rings. The minimum atomic E-state index is -0.0542. The van der Waals surface area contributed by atoms with E-state index in [0.29, 0.717) is 34.2 Å². The molecule has 0 saturated heterocycles. The number of aldehydes is 1. The summed E-state index contributed by atoms with van der Waals surface area (Å²) in [4.78, 5) is 10.1. The van der Waals surface area contributed by atoms with Gasteiger partial charge in [0.25, 0.3) is 0 Å². The van der Waals surface area contributed by atoms with Crippen molar-refractivity contribution in [2.45, 2.75) is 82.3 Å². The molecule has 2 saturated carbocycles. The predicted molar refractivity (Wildman–Crippen MR) is 222 cm³/mol. The first-order valence-corrected chi connectivity index (χ1v) is 19.4. The molecule has 7 heteroatoms. The molecular weight excluding hydrogens is 699 g/mol. The molecule has 0 aliphatic heterocycles. The van der Waals surface area contributed by atoms with Gasteiger partial charge in [0.2, 0.25) is 0 Å². The summed E-state index contributed by atoms with van der Waals surface area (Å²) in [6.45, 7) is 0. The van der Waals surface area contributed by atoms with Crippen molar-refractivity contribution in [1.29, 1.82) is 0 Å². The normalized spacial score (nSPS) is 15.2. The topological polar surface area (TPSA) is 95.6 Å². The van der Waals surface area contributed by atoms with Gasteiger partial charge in [-0.25, -0.2) is 0 Å². The number of rotatable bonds is 5.